The molecule has 1 atom stereocenters. The molecule has 0 aliphatic carbocycles. The van der Waals surface area contributed by atoms with E-state index in [1.807, 2.05) is 24.0 Å². The van der Waals surface area contributed by atoms with Crippen LogP contribution >= 0.6 is 0 Å². The zero-order valence-corrected chi connectivity index (χ0v) is 18.3. The van der Waals surface area contributed by atoms with Crippen LogP contribution in [0.4, 0.5) is 0 Å². The average Bonchev–Trinajstić information content (AvgIpc) is 3.51. The molecule has 2 aliphatic rings. The lowest BCUT2D eigenvalue weighted by Crippen LogP contribution is -2.50. The summed E-state index contributed by atoms with van der Waals surface area (Å²) in [5.41, 5.74) is 1.33. The Hall–Kier alpha value is -2.76. The number of hydrogen-bond donors (Lipinski definition) is 0. The van der Waals surface area contributed by atoms with E-state index in [2.05, 4.69) is 12.1 Å². The minimum Gasteiger partial charge on any atom is -0.494 e. The van der Waals surface area contributed by atoms with Crippen LogP contribution in [0.1, 0.15) is 55.1 Å². The summed E-state index contributed by atoms with van der Waals surface area (Å²) in [5, 5.41) is 0. The molecule has 0 spiro atoms. The fourth-order valence-electron chi connectivity index (χ4n) is 4.75. The Kier molecular flexibility index (Phi) is 6.95. The van der Waals surface area contributed by atoms with Gasteiger partial charge in [-0.15, -0.1) is 0 Å². The molecule has 2 saturated heterocycles. The van der Waals surface area contributed by atoms with Gasteiger partial charge in [-0.1, -0.05) is 12.1 Å². The number of furan rings is 1. The van der Waals surface area contributed by atoms with Gasteiger partial charge >= 0.3 is 0 Å². The molecule has 0 radical (unpaired) electrons. The van der Waals surface area contributed by atoms with E-state index in [4.69, 9.17) is 9.15 Å². The third-order valence-electron chi connectivity index (χ3n) is 6.53. The molecular weight excluding hydrogens is 392 g/mol. The Morgan fingerprint density at radius 1 is 1.06 bits per heavy atom. The maximum Gasteiger partial charge on any atom is 0.290 e. The molecule has 2 amide bonds. The third-order valence-corrected chi connectivity index (χ3v) is 6.53. The van der Waals surface area contributed by atoms with E-state index in [9.17, 15) is 9.59 Å². The van der Waals surface area contributed by atoms with E-state index in [1.54, 1.807) is 17.0 Å². The van der Waals surface area contributed by atoms with Crippen molar-refractivity contribution in [2.24, 2.45) is 5.92 Å². The number of carbonyl (C=O) groups is 2. The van der Waals surface area contributed by atoms with Crippen LogP contribution in [0.2, 0.25) is 0 Å². The summed E-state index contributed by atoms with van der Waals surface area (Å²) in [7, 11) is 0. The molecular formula is C25H32N2O4. The number of amides is 2. The summed E-state index contributed by atoms with van der Waals surface area (Å²) in [4.78, 5) is 29.5. The molecule has 0 saturated carbocycles. The van der Waals surface area contributed by atoms with E-state index in [-0.39, 0.29) is 17.9 Å². The van der Waals surface area contributed by atoms with Gasteiger partial charge in [0.2, 0.25) is 5.91 Å². The van der Waals surface area contributed by atoms with Crippen LogP contribution in [0.5, 0.6) is 5.75 Å². The van der Waals surface area contributed by atoms with Crippen LogP contribution in [0.25, 0.3) is 0 Å². The summed E-state index contributed by atoms with van der Waals surface area (Å²) < 4.78 is 10.8. The Balaban J connectivity index is 1.25. The van der Waals surface area contributed by atoms with E-state index < -0.39 is 0 Å². The molecule has 6 heteroatoms. The van der Waals surface area contributed by atoms with Crippen molar-refractivity contribution < 1.29 is 18.7 Å². The molecule has 1 unspecified atom stereocenters. The van der Waals surface area contributed by atoms with Crippen LogP contribution in [0, 0.1) is 5.92 Å². The number of likely N-dealkylation sites (tertiary alicyclic amines) is 2. The highest BCUT2D eigenvalue weighted by atomic mass is 16.5. The fraction of sp³-hybridized carbons (Fsp3) is 0.520. The van der Waals surface area contributed by atoms with Crippen molar-refractivity contribution in [3.05, 3.63) is 54.0 Å². The summed E-state index contributed by atoms with van der Waals surface area (Å²) >= 11 is 0. The van der Waals surface area contributed by atoms with Gasteiger partial charge in [-0.25, -0.2) is 0 Å². The lowest BCUT2D eigenvalue weighted by molar-refractivity contribution is -0.136. The fourth-order valence-corrected chi connectivity index (χ4v) is 4.75. The molecule has 2 aliphatic heterocycles. The maximum atomic E-state index is 13.1. The number of benzene rings is 1. The molecule has 1 aromatic heterocycles. The average molecular weight is 425 g/mol. The predicted molar refractivity (Wildman–Crippen MR) is 118 cm³/mol. The highest BCUT2D eigenvalue weighted by molar-refractivity contribution is 5.96. The minimum absolute atomic E-state index is 0.0994. The van der Waals surface area contributed by atoms with Crippen molar-refractivity contribution >= 4 is 11.8 Å². The van der Waals surface area contributed by atoms with Gasteiger partial charge in [-0.3, -0.25) is 9.59 Å². The molecule has 31 heavy (non-hydrogen) atoms. The van der Waals surface area contributed by atoms with Crippen molar-refractivity contribution in [2.45, 2.75) is 51.5 Å². The van der Waals surface area contributed by atoms with Crippen LogP contribution < -0.4 is 4.74 Å². The van der Waals surface area contributed by atoms with Gasteiger partial charge in [0.05, 0.1) is 12.9 Å². The highest BCUT2D eigenvalue weighted by Crippen LogP contribution is 2.27. The SMILES string of the molecule is CCOc1ccc(CCC2CCN(C(=O)C3CCCN3C(=O)c3ccco3)CC2)cc1. The van der Waals surface area contributed by atoms with Gasteiger partial charge in [-0.05, 0) is 81.2 Å². The second kappa shape index (κ2) is 10.0. The molecule has 0 N–H and O–H groups in total. The molecule has 6 nitrogen and oxygen atoms in total. The van der Waals surface area contributed by atoms with Crippen molar-refractivity contribution in [3.8, 4) is 5.75 Å². The Labute approximate surface area is 184 Å². The molecule has 2 fully saturated rings. The molecule has 4 rings (SSSR count). The predicted octanol–water partition coefficient (Wildman–Crippen LogP) is 4.15. The molecule has 166 valence electrons. The summed E-state index contributed by atoms with van der Waals surface area (Å²) in [6, 6.07) is 11.4. The van der Waals surface area contributed by atoms with Gasteiger partial charge < -0.3 is 19.0 Å². The van der Waals surface area contributed by atoms with E-state index in [1.165, 1.54) is 11.8 Å². The van der Waals surface area contributed by atoms with E-state index >= 15 is 0 Å². The van der Waals surface area contributed by atoms with Crippen molar-refractivity contribution in [1.29, 1.82) is 0 Å². The normalized spacial score (nSPS) is 19.6. The Bertz CT molecular complexity index is 854. The number of carbonyl (C=O) groups excluding carboxylic acids is 2. The van der Waals surface area contributed by atoms with Gasteiger partial charge in [0, 0.05) is 19.6 Å². The maximum absolute atomic E-state index is 13.1. The largest absolute Gasteiger partial charge is 0.494 e. The number of ether oxygens (including phenoxy) is 1. The standard InChI is InChI=1S/C25H32N2O4/c1-2-30-21-11-9-19(10-12-21)7-8-20-13-16-26(17-14-20)24(28)22-5-3-15-27(22)25(29)23-6-4-18-31-23/h4,6,9-12,18,20,22H,2-3,5,7-8,13-17H2,1H3. The van der Waals surface area contributed by atoms with Crippen LogP contribution in [-0.2, 0) is 11.2 Å². The first-order chi connectivity index (χ1) is 15.2. The number of hydrogen-bond acceptors (Lipinski definition) is 4. The first-order valence-electron chi connectivity index (χ1n) is 11.5. The first-order valence-corrected chi connectivity index (χ1v) is 11.5. The van der Waals surface area contributed by atoms with Gasteiger partial charge in [0.1, 0.15) is 11.8 Å². The lowest BCUT2D eigenvalue weighted by Gasteiger charge is -2.35. The minimum atomic E-state index is -0.349. The number of nitrogens with zero attached hydrogens (tertiary/aromatic N) is 2. The van der Waals surface area contributed by atoms with Gasteiger partial charge in [-0.2, -0.15) is 0 Å². The van der Waals surface area contributed by atoms with E-state index in [0.717, 1.165) is 57.4 Å². The van der Waals surface area contributed by atoms with E-state index in [0.29, 0.717) is 24.8 Å². The first kappa shape index (κ1) is 21.5. The Morgan fingerprint density at radius 3 is 2.52 bits per heavy atom. The smallest absolute Gasteiger partial charge is 0.290 e. The molecule has 2 aromatic rings. The summed E-state index contributed by atoms with van der Waals surface area (Å²) in [5.74, 6) is 1.80. The Morgan fingerprint density at radius 2 is 1.84 bits per heavy atom. The topological polar surface area (TPSA) is 63.0 Å². The van der Waals surface area contributed by atoms with Crippen molar-refractivity contribution in [1.82, 2.24) is 9.80 Å². The zero-order chi connectivity index (χ0) is 21.6. The highest BCUT2D eigenvalue weighted by Gasteiger charge is 2.38. The second-order valence-corrected chi connectivity index (χ2v) is 8.52. The van der Waals surface area contributed by atoms with Gasteiger partial charge in [0.15, 0.2) is 5.76 Å². The summed E-state index contributed by atoms with van der Waals surface area (Å²) in [6.45, 7) is 4.87. The molecule has 3 heterocycles. The zero-order valence-electron chi connectivity index (χ0n) is 18.3. The van der Waals surface area contributed by atoms with Crippen LogP contribution in [0.15, 0.2) is 47.1 Å². The lowest BCUT2D eigenvalue weighted by atomic mass is 9.90. The molecule has 0 bridgehead atoms. The van der Waals surface area contributed by atoms with Crippen molar-refractivity contribution in [2.75, 3.05) is 26.2 Å². The number of aryl methyl sites for hydroxylation is 1. The third kappa shape index (κ3) is 5.12. The van der Waals surface area contributed by atoms with Crippen LogP contribution in [-0.4, -0.2) is 53.9 Å². The molecule has 1 aromatic carbocycles. The van der Waals surface area contributed by atoms with Gasteiger partial charge in [0.25, 0.3) is 5.91 Å². The number of piperidine rings is 1. The quantitative estimate of drug-likeness (QED) is 0.670. The second-order valence-electron chi connectivity index (χ2n) is 8.52. The van der Waals surface area contributed by atoms with Crippen LogP contribution in [0.3, 0.4) is 0 Å². The monoisotopic (exact) mass is 424 g/mol. The van der Waals surface area contributed by atoms with Crippen molar-refractivity contribution in [3.63, 3.8) is 0 Å². The number of rotatable bonds is 7. The summed E-state index contributed by atoms with van der Waals surface area (Å²) in [6.07, 6.45) is 7.35.